The van der Waals surface area contributed by atoms with Crippen molar-refractivity contribution >= 4 is 57.7 Å². The van der Waals surface area contributed by atoms with Crippen LogP contribution in [0.2, 0.25) is 10.0 Å². The molecule has 2 rings (SSSR count). The number of carbonyl (C=O) groups is 2. The number of carboxylic acid groups (broad SMARTS) is 1. The largest absolute Gasteiger partial charge is 0.478 e. The first-order valence-corrected chi connectivity index (χ1v) is 6.90. The molecule has 1 aliphatic rings. The number of amidine groups is 1. The van der Waals surface area contributed by atoms with Crippen LogP contribution in [0.5, 0.6) is 0 Å². The van der Waals surface area contributed by atoms with Gasteiger partial charge in [-0.15, -0.1) is 0 Å². The molecule has 1 aromatic carbocycles. The van der Waals surface area contributed by atoms with Gasteiger partial charge in [-0.1, -0.05) is 23.2 Å². The van der Waals surface area contributed by atoms with Gasteiger partial charge in [-0.2, -0.15) is 0 Å². The third kappa shape index (κ3) is 3.15. The van der Waals surface area contributed by atoms with Crippen LogP contribution in [-0.2, 0) is 9.59 Å². The van der Waals surface area contributed by atoms with Crippen molar-refractivity contribution in [3.8, 4) is 0 Å². The number of halogens is 2. The van der Waals surface area contributed by atoms with Gasteiger partial charge in [0.2, 0.25) is 0 Å². The highest BCUT2D eigenvalue weighted by molar-refractivity contribution is 8.18. The Labute approximate surface area is 128 Å². The third-order valence-electron chi connectivity index (χ3n) is 2.39. The second-order valence-electron chi connectivity index (χ2n) is 3.81. The summed E-state index contributed by atoms with van der Waals surface area (Å²) in [7, 11) is 1.52. The number of aliphatic imine (C=N–C) groups is 1. The molecule has 0 saturated carbocycles. The van der Waals surface area contributed by atoms with E-state index in [9.17, 15) is 9.59 Å². The highest BCUT2D eigenvalue weighted by Crippen LogP contribution is 2.33. The molecule has 1 saturated heterocycles. The van der Waals surface area contributed by atoms with Crippen LogP contribution in [0, 0.1) is 0 Å². The van der Waals surface area contributed by atoms with Gasteiger partial charge < -0.3 is 5.11 Å². The van der Waals surface area contributed by atoms with Crippen LogP contribution in [0.25, 0.3) is 0 Å². The van der Waals surface area contributed by atoms with Crippen LogP contribution in [0.3, 0.4) is 0 Å². The summed E-state index contributed by atoms with van der Waals surface area (Å²) in [5, 5.41) is 9.83. The summed E-state index contributed by atoms with van der Waals surface area (Å²) in [6.07, 6.45) is 0.862. The summed E-state index contributed by atoms with van der Waals surface area (Å²) in [4.78, 5) is 28.1. The molecule has 0 aromatic heterocycles. The maximum Gasteiger partial charge on any atom is 0.329 e. The summed E-state index contributed by atoms with van der Waals surface area (Å²) in [5.41, 5.74) is 0.526. The van der Waals surface area contributed by atoms with E-state index < -0.39 is 11.9 Å². The van der Waals surface area contributed by atoms with Gasteiger partial charge in [0, 0.05) is 13.1 Å². The lowest BCUT2D eigenvalue weighted by Gasteiger charge is -2.07. The number of carbonyl (C=O) groups excluding carboxylic acids is 1. The summed E-state index contributed by atoms with van der Waals surface area (Å²) in [5.74, 6) is -1.58. The molecular weight excluding hydrogens is 323 g/mol. The number of rotatable bonds is 2. The number of carboxylic acids is 1. The minimum atomic E-state index is -1.18. The van der Waals surface area contributed by atoms with Crippen molar-refractivity contribution < 1.29 is 14.7 Å². The summed E-state index contributed by atoms with van der Waals surface area (Å²) in [6, 6.07) is 4.81. The number of nitrogens with zero attached hydrogens (tertiary/aromatic N) is 2. The zero-order chi connectivity index (χ0) is 14.9. The average Bonchev–Trinajstić information content (AvgIpc) is 2.62. The van der Waals surface area contributed by atoms with Crippen LogP contribution in [0.4, 0.5) is 5.69 Å². The van der Waals surface area contributed by atoms with E-state index in [2.05, 4.69) is 4.99 Å². The zero-order valence-corrected chi connectivity index (χ0v) is 12.5. The molecule has 0 spiro atoms. The molecule has 0 radical (unpaired) electrons. The quantitative estimate of drug-likeness (QED) is 0.845. The minimum Gasteiger partial charge on any atom is -0.478 e. The Morgan fingerprint density at radius 1 is 1.40 bits per heavy atom. The first kappa shape index (κ1) is 14.9. The Bertz CT molecular complexity index is 658. The fourth-order valence-corrected chi connectivity index (χ4v) is 2.67. The molecule has 1 heterocycles. The van der Waals surface area contributed by atoms with Crippen molar-refractivity contribution in [2.45, 2.75) is 0 Å². The average molecular weight is 331 g/mol. The monoisotopic (exact) mass is 330 g/mol. The Balaban J connectivity index is 2.33. The predicted molar refractivity (Wildman–Crippen MR) is 79.6 cm³/mol. The van der Waals surface area contributed by atoms with Gasteiger partial charge in [0.1, 0.15) is 0 Å². The topological polar surface area (TPSA) is 70.0 Å². The molecule has 1 N–H and O–H groups in total. The number of hydrogen-bond acceptors (Lipinski definition) is 4. The molecule has 1 fully saturated rings. The SMILES string of the molecule is CN1C(=O)C(=CC(=O)O)SC1=Nc1ccc(Cl)c(Cl)c1. The Morgan fingerprint density at radius 2 is 2.10 bits per heavy atom. The second-order valence-corrected chi connectivity index (χ2v) is 5.63. The van der Waals surface area contributed by atoms with E-state index in [-0.39, 0.29) is 4.91 Å². The highest BCUT2D eigenvalue weighted by Gasteiger charge is 2.31. The van der Waals surface area contributed by atoms with Gasteiger partial charge in [-0.3, -0.25) is 9.69 Å². The van der Waals surface area contributed by atoms with E-state index in [0.717, 1.165) is 17.8 Å². The van der Waals surface area contributed by atoms with Crippen molar-refractivity contribution in [3.63, 3.8) is 0 Å². The Morgan fingerprint density at radius 3 is 2.70 bits per heavy atom. The van der Waals surface area contributed by atoms with E-state index in [1.165, 1.54) is 11.9 Å². The summed E-state index contributed by atoms with van der Waals surface area (Å²) < 4.78 is 0. The zero-order valence-electron chi connectivity index (χ0n) is 10.1. The van der Waals surface area contributed by atoms with Crippen LogP contribution < -0.4 is 0 Å². The standard InChI is InChI=1S/C12H8Cl2N2O3S/c1-16-11(19)9(5-10(17)18)20-12(16)15-6-2-3-7(13)8(14)4-6/h2-5H,1H3,(H,17,18). The molecule has 1 amide bonds. The summed E-state index contributed by atoms with van der Waals surface area (Å²) in [6.45, 7) is 0. The van der Waals surface area contributed by atoms with E-state index in [1.807, 2.05) is 0 Å². The number of hydrogen-bond donors (Lipinski definition) is 1. The lowest BCUT2D eigenvalue weighted by Crippen LogP contribution is -2.23. The highest BCUT2D eigenvalue weighted by atomic mass is 35.5. The Hall–Kier alpha value is -1.50. The van der Waals surface area contributed by atoms with Crippen molar-refractivity contribution in [2.24, 2.45) is 4.99 Å². The fourth-order valence-electron chi connectivity index (χ4n) is 1.43. The number of benzene rings is 1. The molecule has 0 bridgehead atoms. The van der Waals surface area contributed by atoms with E-state index >= 15 is 0 Å². The lowest BCUT2D eigenvalue weighted by molar-refractivity contribution is -0.132. The lowest BCUT2D eigenvalue weighted by atomic mass is 10.3. The van der Waals surface area contributed by atoms with Gasteiger partial charge >= 0.3 is 5.97 Å². The van der Waals surface area contributed by atoms with Crippen LogP contribution in [0.1, 0.15) is 0 Å². The molecule has 8 heteroatoms. The van der Waals surface area contributed by atoms with Gasteiger partial charge in [0.05, 0.1) is 20.6 Å². The molecule has 5 nitrogen and oxygen atoms in total. The van der Waals surface area contributed by atoms with Crippen molar-refractivity contribution in [2.75, 3.05) is 7.05 Å². The minimum absolute atomic E-state index is 0.110. The van der Waals surface area contributed by atoms with Crippen LogP contribution in [0.15, 0.2) is 34.2 Å². The van der Waals surface area contributed by atoms with Crippen LogP contribution in [-0.4, -0.2) is 34.1 Å². The molecule has 0 unspecified atom stereocenters. The van der Waals surface area contributed by atoms with Gasteiger partial charge in [-0.25, -0.2) is 9.79 Å². The van der Waals surface area contributed by atoms with Gasteiger partial charge in [0.15, 0.2) is 5.17 Å². The van der Waals surface area contributed by atoms with Gasteiger partial charge in [0.25, 0.3) is 5.91 Å². The number of likely N-dealkylation sites (N-methyl/N-ethyl adjacent to an activating group) is 1. The first-order chi connectivity index (χ1) is 9.38. The number of thioether (sulfide) groups is 1. The van der Waals surface area contributed by atoms with Crippen molar-refractivity contribution in [3.05, 3.63) is 39.2 Å². The number of amides is 1. The predicted octanol–water partition coefficient (Wildman–Crippen LogP) is 3.15. The fraction of sp³-hybridized carbons (Fsp3) is 0.0833. The molecule has 1 aromatic rings. The second kappa shape index (κ2) is 5.87. The van der Waals surface area contributed by atoms with Crippen molar-refractivity contribution in [1.82, 2.24) is 4.90 Å². The Kier molecular flexibility index (Phi) is 4.37. The maximum atomic E-state index is 11.8. The van der Waals surface area contributed by atoms with Gasteiger partial charge in [-0.05, 0) is 30.0 Å². The normalized spacial score (nSPS) is 19.1. The van der Waals surface area contributed by atoms with Crippen LogP contribution >= 0.6 is 35.0 Å². The molecule has 20 heavy (non-hydrogen) atoms. The van der Waals surface area contributed by atoms with E-state index in [4.69, 9.17) is 28.3 Å². The first-order valence-electron chi connectivity index (χ1n) is 5.33. The number of aliphatic carboxylic acids is 1. The van der Waals surface area contributed by atoms with E-state index in [1.54, 1.807) is 18.2 Å². The molecular formula is C12H8Cl2N2O3S. The molecule has 0 atom stereocenters. The molecule has 0 aliphatic carbocycles. The summed E-state index contributed by atoms with van der Waals surface area (Å²) >= 11 is 12.7. The third-order valence-corrected chi connectivity index (χ3v) is 4.19. The van der Waals surface area contributed by atoms with Crippen molar-refractivity contribution in [1.29, 1.82) is 0 Å². The molecule has 104 valence electrons. The maximum absolute atomic E-state index is 11.8. The smallest absolute Gasteiger partial charge is 0.329 e. The van der Waals surface area contributed by atoms with E-state index in [0.29, 0.717) is 20.9 Å². The molecule has 1 aliphatic heterocycles.